The van der Waals surface area contributed by atoms with E-state index < -0.39 is 0 Å². The Balaban J connectivity index is 1.86. The van der Waals surface area contributed by atoms with Gasteiger partial charge in [0.05, 0.1) is 0 Å². The maximum Gasteiger partial charge on any atom is 0.224 e. The molecule has 1 aliphatic carbocycles. The maximum atomic E-state index is 12.3. The van der Waals surface area contributed by atoms with E-state index in [0.717, 1.165) is 19.6 Å². The number of rotatable bonds is 3. The van der Waals surface area contributed by atoms with Crippen molar-refractivity contribution in [2.24, 2.45) is 22.2 Å². The van der Waals surface area contributed by atoms with E-state index in [1.807, 2.05) is 0 Å². The van der Waals surface area contributed by atoms with Crippen LogP contribution in [-0.2, 0) is 4.79 Å². The molecule has 2 aliphatic rings. The van der Waals surface area contributed by atoms with Gasteiger partial charge in [0.25, 0.3) is 0 Å². The van der Waals surface area contributed by atoms with Gasteiger partial charge >= 0.3 is 0 Å². The molecule has 1 saturated heterocycles. The van der Waals surface area contributed by atoms with E-state index in [0.29, 0.717) is 0 Å². The van der Waals surface area contributed by atoms with Crippen LogP contribution in [0.2, 0.25) is 0 Å². The molecule has 2 rings (SSSR count). The van der Waals surface area contributed by atoms with Crippen molar-refractivity contribution in [3.8, 4) is 0 Å². The molecule has 1 heterocycles. The standard InChI is InChI=1S/C15H28N2O/c1-13(2)11(14(13,3)4)12(18)17-10-15(5)7-6-8-16-9-15/h11,16H,6-10H2,1-5H3,(H,17,18). The van der Waals surface area contributed by atoms with Crippen molar-refractivity contribution >= 4 is 5.91 Å². The second kappa shape index (κ2) is 4.22. The highest BCUT2D eigenvalue weighted by atomic mass is 16.2. The fraction of sp³-hybridized carbons (Fsp3) is 0.933. The van der Waals surface area contributed by atoms with Crippen LogP contribution in [0.25, 0.3) is 0 Å². The average Bonchev–Trinajstić information content (AvgIpc) is 2.68. The zero-order valence-corrected chi connectivity index (χ0v) is 12.5. The monoisotopic (exact) mass is 252 g/mol. The third-order valence-electron chi connectivity index (χ3n) is 5.66. The molecule has 0 aromatic carbocycles. The Morgan fingerprint density at radius 2 is 1.83 bits per heavy atom. The third-order valence-corrected chi connectivity index (χ3v) is 5.66. The van der Waals surface area contributed by atoms with E-state index in [2.05, 4.69) is 45.3 Å². The van der Waals surface area contributed by atoms with Gasteiger partial charge in [0.1, 0.15) is 0 Å². The second-order valence-electron chi connectivity index (χ2n) is 7.69. The molecule has 3 heteroatoms. The first-order valence-electron chi connectivity index (χ1n) is 7.19. The minimum atomic E-state index is 0.142. The smallest absolute Gasteiger partial charge is 0.224 e. The van der Waals surface area contributed by atoms with Crippen LogP contribution >= 0.6 is 0 Å². The first kappa shape index (κ1) is 13.9. The lowest BCUT2D eigenvalue weighted by Crippen LogP contribution is -2.46. The lowest BCUT2D eigenvalue weighted by Gasteiger charge is -2.34. The van der Waals surface area contributed by atoms with Gasteiger partial charge in [-0.3, -0.25) is 4.79 Å². The maximum absolute atomic E-state index is 12.3. The van der Waals surface area contributed by atoms with Crippen LogP contribution in [0.3, 0.4) is 0 Å². The molecular formula is C15H28N2O. The summed E-state index contributed by atoms with van der Waals surface area (Å²) in [6.07, 6.45) is 2.42. The number of hydrogen-bond acceptors (Lipinski definition) is 2. The lowest BCUT2D eigenvalue weighted by molar-refractivity contribution is -0.124. The van der Waals surface area contributed by atoms with Gasteiger partial charge in [0.2, 0.25) is 5.91 Å². The van der Waals surface area contributed by atoms with Crippen molar-refractivity contribution in [2.75, 3.05) is 19.6 Å². The van der Waals surface area contributed by atoms with Crippen LogP contribution in [0.1, 0.15) is 47.5 Å². The Hall–Kier alpha value is -0.570. The molecule has 18 heavy (non-hydrogen) atoms. The van der Waals surface area contributed by atoms with Crippen molar-refractivity contribution in [2.45, 2.75) is 47.5 Å². The largest absolute Gasteiger partial charge is 0.355 e. The predicted molar refractivity (Wildman–Crippen MR) is 74.3 cm³/mol. The molecule has 0 spiro atoms. The molecule has 1 unspecified atom stereocenters. The van der Waals surface area contributed by atoms with Gasteiger partial charge < -0.3 is 10.6 Å². The highest BCUT2D eigenvalue weighted by Gasteiger charge is 2.68. The molecule has 0 radical (unpaired) electrons. The molecule has 0 aromatic rings. The zero-order valence-electron chi connectivity index (χ0n) is 12.5. The highest BCUT2D eigenvalue weighted by Crippen LogP contribution is 2.68. The van der Waals surface area contributed by atoms with Crippen LogP contribution in [0.4, 0.5) is 0 Å². The van der Waals surface area contributed by atoms with Crippen molar-refractivity contribution in [3.05, 3.63) is 0 Å². The van der Waals surface area contributed by atoms with Crippen LogP contribution in [-0.4, -0.2) is 25.5 Å². The number of carbonyl (C=O) groups excluding carboxylic acids is 1. The summed E-state index contributed by atoms with van der Waals surface area (Å²) in [6.45, 7) is 14.0. The zero-order chi connectivity index (χ0) is 13.6. The average molecular weight is 252 g/mol. The SMILES string of the molecule is CC1(CNC(=O)C2C(C)(C)C2(C)C)CCCNC1. The number of carbonyl (C=O) groups is 1. The molecule has 0 bridgehead atoms. The highest BCUT2D eigenvalue weighted by molar-refractivity contribution is 5.84. The first-order chi connectivity index (χ1) is 8.21. The van der Waals surface area contributed by atoms with E-state index >= 15 is 0 Å². The molecule has 3 nitrogen and oxygen atoms in total. The topological polar surface area (TPSA) is 41.1 Å². The molecule has 2 N–H and O–H groups in total. The minimum absolute atomic E-state index is 0.142. The molecule has 1 amide bonds. The molecule has 0 aromatic heterocycles. The molecule has 104 valence electrons. The molecular weight excluding hydrogens is 224 g/mol. The lowest BCUT2D eigenvalue weighted by atomic mass is 9.83. The Morgan fingerprint density at radius 3 is 2.28 bits per heavy atom. The van der Waals surface area contributed by atoms with Gasteiger partial charge in [-0.1, -0.05) is 34.6 Å². The van der Waals surface area contributed by atoms with Gasteiger partial charge in [0, 0.05) is 19.0 Å². The number of amides is 1. The molecule has 1 aliphatic heterocycles. The number of piperidine rings is 1. The van der Waals surface area contributed by atoms with Gasteiger partial charge in [-0.25, -0.2) is 0 Å². The summed E-state index contributed by atoms with van der Waals surface area (Å²) in [5, 5.41) is 6.61. The predicted octanol–water partition coefficient (Wildman–Crippen LogP) is 2.17. The Morgan fingerprint density at radius 1 is 1.22 bits per heavy atom. The number of hydrogen-bond donors (Lipinski definition) is 2. The van der Waals surface area contributed by atoms with Crippen molar-refractivity contribution < 1.29 is 4.79 Å². The summed E-state index contributed by atoms with van der Waals surface area (Å²) in [5.74, 6) is 0.418. The summed E-state index contributed by atoms with van der Waals surface area (Å²) in [6, 6.07) is 0. The van der Waals surface area contributed by atoms with Gasteiger partial charge in [-0.2, -0.15) is 0 Å². The Bertz CT molecular complexity index is 326. The van der Waals surface area contributed by atoms with Gasteiger partial charge in [-0.05, 0) is 35.6 Å². The Kier molecular flexibility index (Phi) is 3.25. The summed E-state index contributed by atoms with van der Waals surface area (Å²) in [4.78, 5) is 12.3. The Labute approximate surface area is 111 Å². The summed E-state index contributed by atoms with van der Waals surface area (Å²) < 4.78 is 0. The second-order valence-corrected chi connectivity index (χ2v) is 7.69. The van der Waals surface area contributed by atoms with Crippen LogP contribution in [0.5, 0.6) is 0 Å². The summed E-state index contributed by atoms with van der Waals surface area (Å²) in [5.41, 5.74) is 0.517. The first-order valence-corrected chi connectivity index (χ1v) is 7.19. The van der Waals surface area contributed by atoms with Crippen LogP contribution < -0.4 is 10.6 Å². The van der Waals surface area contributed by atoms with E-state index in [4.69, 9.17) is 0 Å². The number of nitrogens with one attached hydrogen (secondary N) is 2. The van der Waals surface area contributed by atoms with Crippen LogP contribution in [0, 0.1) is 22.2 Å². The summed E-state index contributed by atoms with van der Waals surface area (Å²) >= 11 is 0. The van der Waals surface area contributed by atoms with E-state index in [1.165, 1.54) is 12.8 Å². The minimum Gasteiger partial charge on any atom is -0.355 e. The van der Waals surface area contributed by atoms with E-state index in [9.17, 15) is 4.79 Å². The van der Waals surface area contributed by atoms with Crippen molar-refractivity contribution in [1.82, 2.24) is 10.6 Å². The van der Waals surface area contributed by atoms with Gasteiger partial charge in [-0.15, -0.1) is 0 Å². The third kappa shape index (κ3) is 2.18. The van der Waals surface area contributed by atoms with E-state index in [1.54, 1.807) is 0 Å². The molecule has 1 atom stereocenters. The van der Waals surface area contributed by atoms with Crippen LogP contribution in [0.15, 0.2) is 0 Å². The van der Waals surface area contributed by atoms with E-state index in [-0.39, 0.29) is 28.1 Å². The fourth-order valence-corrected chi connectivity index (χ4v) is 3.52. The summed E-state index contributed by atoms with van der Waals surface area (Å²) in [7, 11) is 0. The fourth-order valence-electron chi connectivity index (χ4n) is 3.52. The van der Waals surface area contributed by atoms with Gasteiger partial charge in [0.15, 0.2) is 0 Å². The quantitative estimate of drug-likeness (QED) is 0.808. The van der Waals surface area contributed by atoms with Crippen molar-refractivity contribution in [3.63, 3.8) is 0 Å². The normalized spacial score (nSPS) is 34.1. The molecule has 2 fully saturated rings. The molecule has 1 saturated carbocycles. The van der Waals surface area contributed by atoms with Crippen molar-refractivity contribution in [1.29, 1.82) is 0 Å².